The van der Waals surface area contributed by atoms with Crippen LogP contribution in [0.15, 0.2) is 54.6 Å². The van der Waals surface area contributed by atoms with Gasteiger partial charge in [-0.2, -0.15) is 0 Å². The lowest BCUT2D eigenvalue weighted by Crippen LogP contribution is -2.17. The fourth-order valence-electron chi connectivity index (χ4n) is 2.81. The largest absolute Gasteiger partial charge is 0.309 e. The molecule has 2 atom stereocenters. The number of rotatable bonds is 2. The summed E-state index contributed by atoms with van der Waals surface area (Å²) >= 11 is 0. The molecule has 0 unspecified atom stereocenters. The van der Waals surface area contributed by atoms with E-state index >= 15 is 0 Å². The normalized spacial score (nSPS) is 23.2. The third kappa shape index (κ3) is 2.16. The van der Waals surface area contributed by atoms with Crippen molar-refractivity contribution < 1.29 is 4.39 Å². The average molecular weight is 241 g/mol. The summed E-state index contributed by atoms with van der Waals surface area (Å²) in [6, 6.07) is 17.6. The number of halogens is 1. The fraction of sp³-hybridized carbons (Fsp3) is 0.250. The molecule has 0 spiro atoms. The Kier molecular flexibility index (Phi) is 3.11. The van der Waals surface area contributed by atoms with Gasteiger partial charge < -0.3 is 5.32 Å². The summed E-state index contributed by atoms with van der Waals surface area (Å²) in [5.41, 5.74) is 2.37. The second-order valence-corrected chi connectivity index (χ2v) is 4.79. The third-order valence-corrected chi connectivity index (χ3v) is 3.66. The highest BCUT2D eigenvalue weighted by Crippen LogP contribution is 2.37. The van der Waals surface area contributed by atoms with Crippen LogP contribution in [0.2, 0.25) is 0 Å². The molecule has 1 fully saturated rings. The van der Waals surface area contributed by atoms with E-state index in [1.165, 1.54) is 11.6 Å². The van der Waals surface area contributed by atoms with Crippen molar-refractivity contribution in [1.29, 1.82) is 0 Å². The molecule has 1 aliphatic heterocycles. The molecule has 1 aliphatic rings. The lowest BCUT2D eigenvalue weighted by molar-refractivity contribution is 0.566. The van der Waals surface area contributed by atoms with Gasteiger partial charge in [-0.25, -0.2) is 4.39 Å². The molecule has 0 saturated carbocycles. The van der Waals surface area contributed by atoms with Gasteiger partial charge in [0, 0.05) is 12.0 Å². The monoisotopic (exact) mass is 241 g/mol. The first-order chi connectivity index (χ1) is 8.84. The first-order valence-electron chi connectivity index (χ1n) is 6.38. The minimum Gasteiger partial charge on any atom is -0.309 e. The van der Waals surface area contributed by atoms with E-state index in [-0.39, 0.29) is 11.9 Å². The lowest BCUT2D eigenvalue weighted by atomic mass is 9.88. The van der Waals surface area contributed by atoms with Gasteiger partial charge in [0.2, 0.25) is 0 Å². The molecule has 0 aromatic heterocycles. The highest BCUT2D eigenvalue weighted by atomic mass is 19.1. The van der Waals surface area contributed by atoms with Gasteiger partial charge in [-0.05, 0) is 36.2 Å². The maximum absolute atomic E-state index is 13.3. The molecule has 1 heterocycles. The second kappa shape index (κ2) is 4.91. The van der Waals surface area contributed by atoms with Crippen molar-refractivity contribution in [1.82, 2.24) is 5.32 Å². The van der Waals surface area contributed by atoms with Crippen LogP contribution in [-0.2, 0) is 0 Å². The molecular weight excluding hydrogens is 225 g/mol. The van der Waals surface area contributed by atoms with Crippen LogP contribution in [0.3, 0.4) is 0 Å². The van der Waals surface area contributed by atoms with Gasteiger partial charge in [0.05, 0.1) is 0 Å². The van der Waals surface area contributed by atoms with E-state index in [1.54, 1.807) is 12.1 Å². The van der Waals surface area contributed by atoms with E-state index in [4.69, 9.17) is 0 Å². The topological polar surface area (TPSA) is 12.0 Å². The zero-order valence-corrected chi connectivity index (χ0v) is 10.1. The molecule has 92 valence electrons. The van der Waals surface area contributed by atoms with Gasteiger partial charge in [-0.15, -0.1) is 0 Å². The van der Waals surface area contributed by atoms with Gasteiger partial charge in [0.1, 0.15) is 5.82 Å². The van der Waals surface area contributed by atoms with Gasteiger partial charge in [0.25, 0.3) is 0 Å². The number of hydrogen-bond donors (Lipinski definition) is 1. The quantitative estimate of drug-likeness (QED) is 0.846. The zero-order valence-electron chi connectivity index (χ0n) is 10.1. The van der Waals surface area contributed by atoms with E-state index in [2.05, 4.69) is 29.6 Å². The van der Waals surface area contributed by atoms with Crippen LogP contribution in [-0.4, -0.2) is 6.54 Å². The Bertz CT molecular complexity index is 524. The van der Waals surface area contributed by atoms with E-state index in [0.29, 0.717) is 5.92 Å². The van der Waals surface area contributed by atoms with Crippen LogP contribution in [0.1, 0.15) is 29.5 Å². The first kappa shape index (κ1) is 11.4. The predicted octanol–water partition coefficient (Wildman–Crippen LogP) is 3.64. The van der Waals surface area contributed by atoms with Crippen molar-refractivity contribution >= 4 is 0 Å². The van der Waals surface area contributed by atoms with Gasteiger partial charge >= 0.3 is 0 Å². The maximum Gasteiger partial charge on any atom is 0.123 e. The van der Waals surface area contributed by atoms with Gasteiger partial charge in [-0.3, -0.25) is 0 Å². The van der Waals surface area contributed by atoms with Crippen molar-refractivity contribution in [3.8, 4) is 0 Å². The standard InChI is InChI=1S/C16H16FN/c17-14-8-4-7-13(11-14)16-15(9-10-18-16)12-5-2-1-3-6-12/h1-8,11,15-16,18H,9-10H2/t15-,16-/m1/s1. The van der Waals surface area contributed by atoms with E-state index in [9.17, 15) is 4.39 Å². The van der Waals surface area contributed by atoms with Crippen LogP contribution >= 0.6 is 0 Å². The molecule has 3 rings (SSSR count). The Labute approximate surface area is 107 Å². The van der Waals surface area contributed by atoms with Crippen molar-refractivity contribution in [2.24, 2.45) is 0 Å². The van der Waals surface area contributed by atoms with Crippen LogP contribution in [0.25, 0.3) is 0 Å². The molecule has 1 N–H and O–H groups in total. The van der Waals surface area contributed by atoms with Crippen LogP contribution in [0.4, 0.5) is 4.39 Å². The highest BCUT2D eigenvalue weighted by molar-refractivity contribution is 5.30. The van der Waals surface area contributed by atoms with Crippen molar-refractivity contribution in [3.05, 3.63) is 71.5 Å². The Morgan fingerprint density at radius 2 is 1.72 bits per heavy atom. The highest BCUT2D eigenvalue weighted by Gasteiger charge is 2.29. The van der Waals surface area contributed by atoms with Crippen LogP contribution in [0, 0.1) is 5.82 Å². The molecule has 2 aromatic carbocycles. The summed E-state index contributed by atoms with van der Waals surface area (Å²) in [6.07, 6.45) is 1.10. The second-order valence-electron chi connectivity index (χ2n) is 4.79. The minimum absolute atomic E-state index is 0.159. The molecule has 18 heavy (non-hydrogen) atoms. The Hall–Kier alpha value is -1.67. The molecule has 2 aromatic rings. The zero-order chi connectivity index (χ0) is 12.4. The van der Waals surface area contributed by atoms with Gasteiger partial charge in [-0.1, -0.05) is 42.5 Å². The minimum atomic E-state index is -0.159. The summed E-state index contributed by atoms with van der Waals surface area (Å²) in [5, 5.41) is 3.48. The first-order valence-corrected chi connectivity index (χ1v) is 6.38. The predicted molar refractivity (Wildman–Crippen MR) is 70.9 cm³/mol. The van der Waals surface area contributed by atoms with Crippen molar-refractivity contribution in [2.75, 3.05) is 6.54 Å². The van der Waals surface area contributed by atoms with E-state index in [1.807, 2.05) is 12.1 Å². The summed E-state index contributed by atoms with van der Waals surface area (Å²) in [7, 11) is 0. The fourth-order valence-corrected chi connectivity index (χ4v) is 2.81. The summed E-state index contributed by atoms with van der Waals surface area (Å²) in [5.74, 6) is 0.279. The van der Waals surface area contributed by atoms with Crippen molar-refractivity contribution in [2.45, 2.75) is 18.4 Å². The molecule has 1 saturated heterocycles. The molecule has 2 heteroatoms. The number of hydrogen-bond acceptors (Lipinski definition) is 1. The number of benzene rings is 2. The summed E-state index contributed by atoms with van der Waals surface area (Å²) in [4.78, 5) is 0. The van der Waals surface area contributed by atoms with Crippen LogP contribution < -0.4 is 5.32 Å². The molecule has 0 aliphatic carbocycles. The summed E-state index contributed by atoms with van der Waals surface area (Å²) in [6.45, 7) is 0.987. The third-order valence-electron chi connectivity index (χ3n) is 3.66. The Morgan fingerprint density at radius 1 is 0.944 bits per heavy atom. The molecule has 0 bridgehead atoms. The van der Waals surface area contributed by atoms with Crippen LogP contribution in [0.5, 0.6) is 0 Å². The van der Waals surface area contributed by atoms with Crippen molar-refractivity contribution in [3.63, 3.8) is 0 Å². The maximum atomic E-state index is 13.3. The molecule has 0 radical (unpaired) electrons. The number of nitrogens with one attached hydrogen (secondary N) is 1. The molecular formula is C16H16FN. The smallest absolute Gasteiger partial charge is 0.123 e. The Morgan fingerprint density at radius 3 is 2.50 bits per heavy atom. The SMILES string of the molecule is Fc1cccc([C@H]2NCC[C@@H]2c2ccccc2)c1. The van der Waals surface area contributed by atoms with E-state index in [0.717, 1.165) is 18.5 Å². The van der Waals surface area contributed by atoms with E-state index < -0.39 is 0 Å². The molecule has 0 amide bonds. The average Bonchev–Trinajstić information content (AvgIpc) is 2.89. The summed E-state index contributed by atoms with van der Waals surface area (Å²) < 4.78 is 13.3. The Balaban J connectivity index is 1.92. The molecule has 1 nitrogen and oxygen atoms in total. The van der Waals surface area contributed by atoms with Gasteiger partial charge in [0.15, 0.2) is 0 Å². The lowest BCUT2D eigenvalue weighted by Gasteiger charge is -2.20.